The lowest BCUT2D eigenvalue weighted by molar-refractivity contribution is 0.465. The molecule has 1 N–H and O–H groups in total. The van der Waals surface area contributed by atoms with Crippen molar-refractivity contribution < 1.29 is 32.2 Å². The van der Waals surface area contributed by atoms with Gasteiger partial charge in [-0.25, -0.2) is 0 Å². The zero-order valence-corrected chi connectivity index (χ0v) is 64.0. The van der Waals surface area contributed by atoms with Gasteiger partial charge in [-0.1, -0.05) is 238 Å². The lowest BCUT2D eigenvalue weighted by Gasteiger charge is -2.43. The fraction of sp³-hybridized carbons (Fsp3) is 0.152. The third-order valence-corrected chi connectivity index (χ3v) is 24.7. The second kappa shape index (κ2) is 22.4. The van der Waals surface area contributed by atoms with Crippen molar-refractivity contribution in [3.63, 3.8) is 0 Å². The first-order valence-corrected chi connectivity index (χ1v) is 38.9. The van der Waals surface area contributed by atoms with Gasteiger partial charge in [-0.2, -0.15) is 0 Å². The molecular weight excluding hydrogens is 1360 g/mol. The van der Waals surface area contributed by atoms with E-state index in [9.17, 15) is 0 Å². The number of rotatable bonds is 4. The van der Waals surface area contributed by atoms with E-state index in [2.05, 4.69) is 324 Å². The maximum absolute atomic E-state index is 7.81. The van der Waals surface area contributed by atoms with Crippen LogP contribution in [0.3, 0.4) is 0 Å². The highest BCUT2D eigenvalue weighted by Crippen LogP contribution is 2.52. The molecule has 12 heteroatoms. The lowest BCUT2D eigenvalue weighted by atomic mass is 9.30. The predicted molar refractivity (Wildman–Crippen MR) is 459 cm³/mol. The Kier molecular flexibility index (Phi) is 13.0. The number of nitrogens with one attached hydrogen (secondary N) is 1. The highest BCUT2D eigenvalue weighted by Gasteiger charge is 2.49. The molecule has 0 amide bonds. The van der Waals surface area contributed by atoms with Crippen LogP contribution in [0.15, 0.2) is 244 Å². The van der Waals surface area contributed by atoms with Crippen molar-refractivity contribution in [1.29, 1.82) is 0 Å². The molecule has 9 heterocycles. The highest BCUT2D eigenvalue weighted by molar-refractivity contribution is 7.03. The average Bonchev–Trinajstić information content (AvgIpc) is 1.43. The van der Waals surface area contributed by atoms with Crippen LogP contribution in [0.25, 0.3) is 99.2 Å². The van der Waals surface area contributed by atoms with Crippen molar-refractivity contribution >= 4 is 164 Å². The van der Waals surface area contributed by atoms with Crippen LogP contribution in [0.1, 0.15) is 95.7 Å². The van der Waals surface area contributed by atoms with Crippen molar-refractivity contribution in [2.75, 3.05) is 10.2 Å². The zero-order valence-electron chi connectivity index (χ0n) is 64.0. The van der Waals surface area contributed by atoms with E-state index in [0.29, 0.717) is 0 Å². The molecule has 0 radical (unpaired) electrons. The summed E-state index contributed by atoms with van der Waals surface area (Å²) in [4.78, 5) is 2.52. The largest absolute Gasteiger partial charge is 0.458 e. The SMILES string of the molecule is Cc1cc(C)c(N2c3cc4c(cc3B3c5ccccc5Oc5cc(-c6cccc7c6oc6c(C(C)(C)C)cccc67)cc2c53)B2c3cc5c(cc3Oc3cc(-c6cccc7c6oc6c(C(C)(C)C)cccc67)cc(c32)O4)Nc2cc(-c3cccc4c3oc3c(C(C)(C)C)cccc34)cc3c2B5c2ccccc2O3)c(C)c1. The first-order valence-electron chi connectivity index (χ1n) is 38.9. The summed E-state index contributed by atoms with van der Waals surface area (Å²) in [5.74, 6) is 6.19. The van der Waals surface area contributed by atoms with Crippen LogP contribution in [0, 0.1) is 20.8 Å². The van der Waals surface area contributed by atoms with Crippen LogP contribution in [0.5, 0.6) is 46.0 Å². The summed E-state index contributed by atoms with van der Waals surface area (Å²) < 4.78 is 51.4. The maximum Gasteiger partial charge on any atom is 0.260 e. The van der Waals surface area contributed by atoms with Crippen LogP contribution >= 0.6 is 0 Å². The van der Waals surface area contributed by atoms with E-state index in [1.54, 1.807) is 0 Å². The van der Waals surface area contributed by atoms with Crippen LogP contribution in [0.4, 0.5) is 28.4 Å². The maximum atomic E-state index is 7.81. The topological polar surface area (TPSA) is 91.6 Å². The van der Waals surface area contributed by atoms with Gasteiger partial charge in [-0.3, -0.25) is 0 Å². The van der Waals surface area contributed by atoms with Crippen LogP contribution in [-0.2, 0) is 16.2 Å². The minimum atomic E-state index is -0.373. The Morgan fingerprint density at radius 1 is 0.288 bits per heavy atom. The molecule has 0 aliphatic carbocycles. The first-order chi connectivity index (χ1) is 53.6. The van der Waals surface area contributed by atoms with E-state index in [-0.39, 0.29) is 36.4 Å². The molecule has 6 aliphatic heterocycles. The number of nitrogens with zero attached hydrogens (tertiary/aromatic N) is 1. The van der Waals surface area contributed by atoms with Gasteiger partial charge in [-0.05, 0) is 157 Å². The number of aryl methyl sites for hydroxylation is 3. The molecule has 23 rings (SSSR count). The summed E-state index contributed by atoms with van der Waals surface area (Å²) in [6, 6.07) is 84.2. The summed E-state index contributed by atoms with van der Waals surface area (Å²) >= 11 is 0. The fourth-order valence-electron chi connectivity index (χ4n) is 19.9. The molecule has 6 aliphatic rings. The molecule has 0 fully saturated rings. The Hall–Kier alpha value is -12.5. The van der Waals surface area contributed by atoms with E-state index in [1.165, 1.54) is 16.7 Å². The minimum Gasteiger partial charge on any atom is -0.458 e. The van der Waals surface area contributed by atoms with Gasteiger partial charge in [0, 0.05) is 106 Å². The summed E-state index contributed by atoms with van der Waals surface area (Å²) in [6.45, 7) is 26.1. The Labute approximate surface area is 644 Å². The lowest BCUT2D eigenvalue weighted by Crippen LogP contribution is -2.64. The van der Waals surface area contributed by atoms with Gasteiger partial charge in [0.05, 0.1) is 5.69 Å². The third kappa shape index (κ3) is 9.16. The van der Waals surface area contributed by atoms with E-state index >= 15 is 0 Å². The number of furan rings is 3. The number of anilines is 5. The van der Waals surface area contributed by atoms with Crippen molar-refractivity contribution in [1.82, 2.24) is 0 Å². The first kappa shape index (κ1) is 64.5. The third-order valence-electron chi connectivity index (χ3n) is 24.7. The highest BCUT2D eigenvalue weighted by atomic mass is 16.5. The number of ether oxygens (including phenoxy) is 4. The average molecular weight is 1440 g/mol. The molecule has 17 aromatic rings. The number of fused-ring (bicyclic) bond motifs is 21. The normalized spacial score (nSPS) is 14.1. The monoisotopic (exact) mass is 1440 g/mol. The van der Waals surface area contributed by atoms with Gasteiger partial charge < -0.3 is 42.4 Å². The van der Waals surface area contributed by atoms with Crippen molar-refractivity contribution in [2.24, 2.45) is 0 Å². The molecule has 0 spiro atoms. The van der Waals surface area contributed by atoms with E-state index in [0.717, 1.165) is 239 Å². The molecule has 0 atom stereocenters. The van der Waals surface area contributed by atoms with Crippen LogP contribution in [-0.4, -0.2) is 20.1 Å². The predicted octanol–water partition coefficient (Wildman–Crippen LogP) is 21.0. The van der Waals surface area contributed by atoms with Crippen molar-refractivity contribution in [3.05, 3.63) is 264 Å². The molecule has 14 aromatic carbocycles. The summed E-state index contributed by atoms with van der Waals surface area (Å²) in [7, 11) is 0. The number of para-hydroxylation sites is 8. The number of hydrogen-bond donors (Lipinski definition) is 1. The Morgan fingerprint density at radius 3 is 1.16 bits per heavy atom. The van der Waals surface area contributed by atoms with E-state index in [1.807, 2.05) is 0 Å². The van der Waals surface area contributed by atoms with Crippen molar-refractivity contribution in [3.8, 4) is 79.4 Å². The number of hydrogen-bond acceptors (Lipinski definition) is 9. The number of benzene rings is 14. The Balaban J connectivity index is 0.758. The second-order valence-corrected chi connectivity index (χ2v) is 34.8. The van der Waals surface area contributed by atoms with Gasteiger partial charge >= 0.3 is 0 Å². The Morgan fingerprint density at radius 2 is 0.676 bits per heavy atom. The van der Waals surface area contributed by atoms with Gasteiger partial charge in [0.2, 0.25) is 0 Å². The molecule has 3 aromatic heterocycles. The fourth-order valence-corrected chi connectivity index (χ4v) is 19.9. The molecule has 0 unspecified atom stereocenters. The summed E-state index contributed by atoms with van der Waals surface area (Å²) in [5, 5.41) is 10.6. The second-order valence-electron chi connectivity index (χ2n) is 34.8. The van der Waals surface area contributed by atoms with Crippen LogP contribution in [0.2, 0.25) is 0 Å². The van der Waals surface area contributed by atoms with Gasteiger partial charge in [0.1, 0.15) is 79.5 Å². The summed E-state index contributed by atoms with van der Waals surface area (Å²) in [5.41, 5.74) is 32.4. The van der Waals surface area contributed by atoms with E-state index in [4.69, 9.17) is 32.2 Å². The molecular formula is C99H75B3N2O7. The van der Waals surface area contributed by atoms with Gasteiger partial charge in [-0.15, -0.1) is 0 Å². The molecule has 0 bridgehead atoms. The molecule has 0 saturated heterocycles. The molecule has 9 nitrogen and oxygen atoms in total. The smallest absolute Gasteiger partial charge is 0.260 e. The van der Waals surface area contributed by atoms with E-state index < -0.39 is 0 Å². The van der Waals surface area contributed by atoms with Crippen LogP contribution < -0.4 is 78.3 Å². The quantitative estimate of drug-likeness (QED) is 0.173. The minimum absolute atomic E-state index is 0.127. The zero-order chi connectivity index (χ0) is 74.9. The summed E-state index contributed by atoms with van der Waals surface area (Å²) in [6.07, 6.45) is 0. The van der Waals surface area contributed by atoms with Gasteiger partial charge in [0.25, 0.3) is 20.1 Å². The van der Waals surface area contributed by atoms with Gasteiger partial charge in [0.15, 0.2) is 0 Å². The molecule has 532 valence electrons. The standard InChI is InChI=1S/C99H75B3N2O7/c1-51-39-52(2)90(53(3)40-51)104-77-50-82-74(48-72(77)101-70-36-14-16-38-80(70)106-84-44-55(42-78(104)88(84)101)58-24-18-27-61-64-30-21-33-67(98(7,8)9)95(64)110-92(58)61)102-73-47-71-75(49-81(73)107-85-45-56(46-86(108-82)89(85)102)59-25-19-28-62-65-31-22-34-68(99(10,11)12)96(65)111-93(59)62)103-76-41-54(43-83-87(76)100(71)69-35-13-15-37-79(69)105-83)57-23-17-26-60-63-29-20-32-66(97(4,5)6)94(63)109-91(57)60/h13-50,103H,1-12H3. The van der Waals surface area contributed by atoms with Crippen molar-refractivity contribution in [2.45, 2.75) is 99.3 Å². The Bertz CT molecular complexity index is 7070. The molecule has 0 saturated carbocycles. The molecule has 111 heavy (non-hydrogen) atoms.